The van der Waals surface area contributed by atoms with Crippen molar-refractivity contribution in [3.05, 3.63) is 70.4 Å². The van der Waals surface area contributed by atoms with E-state index in [1.165, 1.54) is 12.8 Å². The van der Waals surface area contributed by atoms with E-state index in [9.17, 15) is 4.79 Å². The standard InChI is InChI=1S/C32H38N4O2S/c1-22(2)35-16-11-27(12-17-35)38-26-8-6-24(7-9-26)31-28-19-23(5-10-29(28)33-34-31)20-30(37)32(25-13-18-39-21-25)36-14-3-4-15-36/h5-10,13,18-19,21-22,27,32H,3-4,11-12,14-17,20H2,1-2H3,(H,33,34). The van der Waals surface area contributed by atoms with Crippen LogP contribution in [0, 0.1) is 0 Å². The molecule has 6 nitrogen and oxygen atoms in total. The Labute approximate surface area is 235 Å². The zero-order valence-electron chi connectivity index (χ0n) is 22.9. The minimum atomic E-state index is -0.150. The number of nitrogens with one attached hydrogen (secondary N) is 1. The molecule has 0 amide bonds. The highest BCUT2D eigenvalue weighted by molar-refractivity contribution is 7.08. The molecule has 6 rings (SSSR count). The monoisotopic (exact) mass is 542 g/mol. The Morgan fingerprint density at radius 1 is 1.03 bits per heavy atom. The lowest BCUT2D eigenvalue weighted by molar-refractivity contribution is -0.123. The van der Waals surface area contributed by atoms with Crippen molar-refractivity contribution in [1.29, 1.82) is 0 Å². The second-order valence-corrected chi connectivity index (χ2v) is 12.0. The van der Waals surface area contributed by atoms with Gasteiger partial charge in [-0.05, 0) is 117 Å². The summed E-state index contributed by atoms with van der Waals surface area (Å²) in [5, 5.41) is 13.0. The van der Waals surface area contributed by atoms with E-state index in [0.29, 0.717) is 12.5 Å². The van der Waals surface area contributed by atoms with Crippen molar-refractivity contribution < 1.29 is 9.53 Å². The molecule has 39 heavy (non-hydrogen) atoms. The van der Waals surface area contributed by atoms with Gasteiger partial charge in [0.15, 0.2) is 5.78 Å². The summed E-state index contributed by atoms with van der Waals surface area (Å²) in [6.07, 6.45) is 5.15. The van der Waals surface area contributed by atoms with Gasteiger partial charge in [-0.3, -0.25) is 14.8 Å². The minimum absolute atomic E-state index is 0.150. The van der Waals surface area contributed by atoms with Crippen molar-refractivity contribution in [1.82, 2.24) is 20.0 Å². The number of benzene rings is 2. The second kappa shape index (κ2) is 11.6. The number of H-pyrrole nitrogens is 1. The van der Waals surface area contributed by atoms with Crippen LogP contribution in [0.3, 0.4) is 0 Å². The van der Waals surface area contributed by atoms with Crippen molar-refractivity contribution in [2.75, 3.05) is 26.2 Å². The number of thiophene rings is 1. The number of carbonyl (C=O) groups is 1. The van der Waals surface area contributed by atoms with Crippen LogP contribution in [-0.2, 0) is 11.2 Å². The molecule has 2 fully saturated rings. The molecule has 2 aromatic heterocycles. The van der Waals surface area contributed by atoms with Gasteiger partial charge >= 0.3 is 0 Å². The summed E-state index contributed by atoms with van der Waals surface area (Å²) >= 11 is 1.66. The maximum atomic E-state index is 13.6. The Morgan fingerprint density at radius 2 is 1.79 bits per heavy atom. The van der Waals surface area contributed by atoms with Crippen LogP contribution in [0.25, 0.3) is 22.2 Å². The molecule has 204 valence electrons. The highest BCUT2D eigenvalue weighted by atomic mass is 32.1. The van der Waals surface area contributed by atoms with Gasteiger partial charge in [-0.15, -0.1) is 0 Å². The molecule has 1 N–H and O–H groups in total. The van der Waals surface area contributed by atoms with Crippen molar-refractivity contribution in [2.45, 2.75) is 64.1 Å². The third-order valence-electron chi connectivity index (χ3n) is 8.31. The van der Waals surface area contributed by atoms with E-state index in [4.69, 9.17) is 4.74 Å². The van der Waals surface area contributed by atoms with Crippen LogP contribution in [0.2, 0.25) is 0 Å². The molecular formula is C32H38N4O2S. The Balaban J connectivity index is 1.16. The van der Waals surface area contributed by atoms with Crippen molar-refractivity contribution in [2.24, 2.45) is 0 Å². The first kappa shape index (κ1) is 26.2. The normalized spacial score (nSPS) is 18.2. The van der Waals surface area contributed by atoms with E-state index < -0.39 is 0 Å². The number of Topliss-reactive ketones (excluding diaryl/α,β-unsaturated/α-hetero) is 1. The summed E-state index contributed by atoms with van der Waals surface area (Å²) < 4.78 is 6.31. The Bertz CT molecular complexity index is 1380. The quantitative estimate of drug-likeness (QED) is 0.262. The van der Waals surface area contributed by atoms with E-state index in [1.54, 1.807) is 11.3 Å². The first-order valence-electron chi connectivity index (χ1n) is 14.3. The lowest BCUT2D eigenvalue weighted by atomic mass is 9.97. The van der Waals surface area contributed by atoms with Crippen LogP contribution in [0.4, 0.5) is 0 Å². The molecule has 4 heterocycles. The molecule has 2 saturated heterocycles. The number of hydrogen-bond acceptors (Lipinski definition) is 6. The molecule has 7 heteroatoms. The van der Waals surface area contributed by atoms with Gasteiger partial charge < -0.3 is 9.64 Å². The third kappa shape index (κ3) is 5.81. The average Bonchev–Trinajstić information content (AvgIpc) is 3.73. The van der Waals surface area contributed by atoms with E-state index in [-0.39, 0.29) is 17.9 Å². The Morgan fingerprint density at radius 3 is 2.49 bits per heavy atom. The van der Waals surface area contributed by atoms with Crippen LogP contribution >= 0.6 is 11.3 Å². The molecule has 2 aromatic carbocycles. The van der Waals surface area contributed by atoms with Crippen LogP contribution in [0.15, 0.2) is 59.3 Å². The topological polar surface area (TPSA) is 61.5 Å². The molecule has 0 radical (unpaired) electrons. The molecule has 1 atom stereocenters. The zero-order valence-corrected chi connectivity index (χ0v) is 23.8. The maximum absolute atomic E-state index is 13.6. The van der Waals surface area contributed by atoms with Gasteiger partial charge in [0.1, 0.15) is 11.9 Å². The zero-order chi connectivity index (χ0) is 26.8. The second-order valence-electron chi connectivity index (χ2n) is 11.3. The van der Waals surface area contributed by atoms with E-state index in [0.717, 1.165) is 78.1 Å². The Kier molecular flexibility index (Phi) is 7.82. The number of aromatic nitrogens is 2. The number of hydrogen-bond donors (Lipinski definition) is 1. The van der Waals surface area contributed by atoms with Crippen molar-refractivity contribution in [3.63, 3.8) is 0 Å². The van der Waals surface area contributed by atoms with Crippen molar-refractivity contribution >= 4 is 28.0 Å². The summed E-state index contributed by atoms with van der Waals surface area (Å²) in [4.78, 5) is 18.5. The van der Waals surface area contributed by atoms with Crippen molar-refractivity contribution in [3.8, 4) is 17.0 Å². The molecular weight excluding hydrogens is 504 g/mol. The summed E-state index contributed by atoms with van der Waals surface area (Å²) in [5.74, 6) is 1.18. The average molecular weight is 543 g/mol. The summed E-state index contributed by atoms with van der Waals surface area (Å²) in [6, 6.07) is 17.1. The number of nitrogens with zero attached hydrogens (tertiary/aromatic N) is 3. The van der Waals surface area contributed by atoms with Gasteiger partial charge in [-0.25, -0.2) is 0 Å². The number of rotatable bonds is 9. The molecule has 2 aliphatic rings. The number of likely N-dealkylation sites (tertiary alicyclic amines) is 2. The fraction of sp³-hybridized carbons (Fsp3) is 0.438. The largest absolute Gasteiger partial charge is 0.490 e. The van der Waals surface area contributed by atoms with E-state index in [1.807, 2.05) is 6.07 Å². The lowest BCUT2D eigenvalue weighted by Gasteiger charge is -2.34. The van der Waals surface area contributed by atoms with Gasteiger partial charge in [0.25, 0.3) is 0 Å². The van der Waals surface area contributed by atoms with Crippen LogP contribution in [0.1, 0.15) is 56.7 Å². The number of ether oxygens (including phenoxy) is 1. The number of aromatic amines is 1. The van der Waals surface area contributed by atoms with Gasteiger partial charge in [0.05, 0.1) is 17.3 Å². The van der Waals surface area contributed by atoms with Gasteiger partial charge in [-0.1, -0.05) is 6.07 Å². The fourth-order valence-electron chi connectivity index (χ4n) is 6.11. The van der Waals surface area contributed by atoms with Crippen LogP contribution < -0.4 is 4.74 Å². The van der Waals surface area contributed by atoms with E-state index in [2.05, 4.69) is 87.1 Å². The van der Waals surface area contributed by atoms with Gasteiger partial charge in [0.2, 0.25) is 0 Å². The molecule has 4 aromatic rings. The number of carbonyl (C=O) groups excluding carboxylic acids is 1. The summed E-state index contributed by atoms with van der Waals surface area (Å²) in [5.41, 5.74) is 5.09. The number of ketones is 1. The fourth-order valence-corrected chi connectivity index (χ4v) is 6.79. The first-order valence-corrected chi connectivity index (χ1v) is 15.3. The number of piperidine rings is 1. The highest BCUT2D eigenvalue weighted by Gasteiger charge is 2.30. The lowest BCUT2D eigenvalue weighted by Crippen LogP contribution is -2.41. The molecule has 0 spiro atoms. The third-order valence-corrected chi connectivity index (χ3v) is 9.01. The summed E-state index contributed by atoms with van der Waals surface area (Å²) in [6.45, 7) is 8.70. The summed E-state index contributed by atoms with van der Waals surface area (Å²) in [7, 11) is 0. The maximum Gasteiger partial charge on any atom is 0.158 e. The molecule has 0 bridgehead atoms. The van der Waals surface area contributed by atoms with Gasteiger partial charge in [0, 0.05) is 36.5 Å². The minimum Gasteiger partial charge on any atom is -0.490 e. The van der Waals surface area contributed by atoms with Crippen LogP contribution in [0.5, 0.6) is 5.75 Å². The Hall–Kier alpha value is -3.00. The molecule has 2 aliphatic heterocycles. The molecule has 1 unspecified atom stereocenters. The van der Waals surface area contributed by atoms with E-state index >= 15 is 0 Å². The SMILES string of the molecule is CC(C)N1CCC(Oc2ccc(-c3n[nH]c4ccc(CC(=O)C(c5ccsc5)N5CCCC5)cc34)cc2)CC1. The highest BCUT2D eigenvalue weighted by Crippen LogP contribution is 2.32. The van der Waals surface area contributed by atoms with Gasteiger partial charge in [-0.2, -0.15) is 16.4 Å². The predicted molar refractivity (Wildman–Crippen MR) is 158 cm³/mol. The molecule has 0 saturated carbocycles. The smallest absolute Gasteiger partial charge is 0.158 e. The number of fused-ring (bicyclic) bond motifs is 1. The van der Waals surface area contributed by atoms with Crippen LogP contribution in [-0.4, -0.2) is 64.1 Å². The first-order chi connectivity index (χ1) is 19.0. The molecule has 0 aliphatic carbocycles. The predicted octanol–water partition coefficient (Wildman–Crippen LogP) is 6.49.